The molecule has 0 unspecified atom stereocenters. The average Bonchev–Trinajstić information content (AvgIpc) is 1.83. The van der Waals surface area contributed by atoms with Crippen LogP contribution < -0.4 is 0 Å². The van der Waals surface area contributed by atoms with E-state index in [9.17, 15) is 0 Å². The van der Waals surface area contributed by atoms with E-state index in [0.717, 1.165) is 11.9 Å². The van der Waals surface area contributed by atoms with Crippen molar-refractivity contribution in [3.8, 4) is 0 Å². The van der Waals surface area contributed by atoms with Crippen LogP contribution in [0, 0.1) is 0 Å². The van der Waals surface area contributed by atoms with Crippen LogP contribution in [-0.4, -0.2) is 23.6 Å². The van der Waals surface area contributed by atoms with Crippen LogP contribution in [0.2, 0.25) is 0 Å². The number of alkyl halides is 1. The van der Waals surface area contributed by atoms with Crippen molar-refractivity contribution in [3.63, 3.8) is 0 Å². The lowest BCUT2D eigenvalue weighted by Gasteiger charge is -2.08. The van der Waals surface area contributed by atoms with Crippen LogP contribution in [0.1, 0.15) is 0 Å². The van der Waals surface area contributed by atoms with Gasteiger partial charge in [0.2, 0.25) is 0 Å². The first-order valence-corrected chi connectivity index (χ1v) is 3.39. The van der Waals surface area contributed by atoms with Crippen LogP contribution in [0.15, 0.2) is 17.9 Å². The van der Waals surface area contributed by atoms with Gasteiger partial charge in [-0.15, -0.1) is 0 Å². The first kappa shape index (κ1) is 7.69. The molecule has 3 heteroatoms. The fraction of sp³-hybridized carbons (Fsp3) is 0.400. The molecule has 46 valence electrons. The van der Waals surface area contributed by atoms with E-state index in [2.05, 4.69) is 34.3 Å². The molecule has 0 fully saturated rings. The molecule has 0 heterocycles. The molecule has 0 saturated heterocycles. The fourth-order valence-corrected chi connectivity index (χ4v) is 0.670. The van der Waals surface area contributed by atoms with Crippen molar-refractivity contribution in [3.05, 3.63) is 12.8 Å². The summed E-state index contributed by atoms with van der Waals surface area (Å²) in [7, 11) is 0. The molecule has 0 aromatic carbocycles. The van der Waals surface area contributed by atoms with Gasteiger partial charge < -0.3 is 0 Å². The molecule has 0 N–H and O–H groups in total. The van der Waals surface area contributed by atoms with Crippen LogP contribution in [0.25, 0.3) is 0 Å². The molecule has 0 rings (SSSR count). The van der Waals surface area contributed by atoms with E-state index in [1.807, 2.05) is 0 Å². The minimum Gasteiger partial charge on any atom is -0.273 e. The number of hydrogen-bond acceptors (Lipinski definition) is 2. The number of nitrogens with zero attached hydrogens (tertiary/aromatic N) is 2. The summed E-state index contributed by atoms with van der Waals surface area (Å²) in [6, 6.07) is 0. The van der Waals surface area contributed by atoms with Gasteiger partial charge in [-0.2, -0.15) is 5.10 Å². The molecule has 0 aromatic heterocycles. The Morgan fingerprint density at radius 1 is 1.75 bits per heavy atom. The molecule has 0 radical (unpaired) electrons. The van der Waals surface area contributed by atoms with Gasteiger partial charge in [0.25, 0.3) is 0 Å². The van der Waals surface area contributed by atoms with Crippen molar-refractivity contribution in [1.82, 2.24) is 5.01 Å². The molecule has 0 amide bonds. The standard InChI is InChI=1S/C5H9BrN2/c1-3-8(7-2)5-4-6/h3H,1-2,4-5H2. The molecule has 0 spiro atoms. The second-order valence-corrected chi connectivity index (χ2v) is 1.97. The number of halogens is 1. The summed E-state index contributed by atoms with van der Waals surface area (Å²) in [4.78, 5) is 0. The predicted molar refractivity (Wildman–Crippen MR) is 40.2 cm³/mol. The highest BCUT2D eigenvalue weighted by atomic mass is 79.9. The van der Waals surface area contributed by atoms with Crippen LogP contribution in [0.5, 0.6) is 0 Å². The lowest BCUT2D eigenvalue weighted by Crippen LogP contribution is -2.10. The van der Waals surface area contributed by atoms with Gasteiger partial charge >= 0.3 is 0 Å². The Morgan fingerprint density at radius 3 is 2.50 bits per heavy atom. The van der Waals surface area contributed by atoms with Crippen molar-refractivity contribution in [1.29, 1.82) is 0 Å². The molecular weight excluding hydrogens is 168 g/mol. The third-order valence-electron chi connectivity index (χ3n) is 0.706. The van der Waals surface area contributed by atoms with Crippen molar-refractivity contribution in [2.45, 2.75) is 0 Å². The predicted octanol–water partition coefficient (Wildman–Crippen LogP) is 1.44. The third-order valence-corrected chi connectivity index (χ3v) is 1.06. The smallest absolute Gasteiger partial charge is 0.0505 e. The molecule has 0 atom stereocenters. The highest BCUT2D eigenvalue weighted by Gasteiger charge is 1.87. The summed E-state index contributed by atoms with van der Waals surface area (Å²) in [6.07, 6.45) is 1.63. The van der Waals surface area contributed by atoms with Gasteiger partial charge in [-0.3, -0.25) is 5.01 Å². The Balaban J connectivity index is 3.35. The van der Waals surface area contributed by atoms with Gasteiger partial charge in [-0.25, -0.2) is 0 Å². The molecule has 0 aliphatic heterocycles. The SMILES string of the molecule is C=CN(CCBr)N=C. The molecule has 0 aliphatic rings. The largest absolute Gasteiger partial charge is 0.273 e. The van der Waals surface area contributed by atoms with Crippen LogP contribution in [0.4, 0.5) is 0 Å². The summed E-state index contributed by atoms with van der Waals surface area (Å²) in [5, 5.41) is 6.18. The molecule has 0 aromatic rings. The van der Waals surface area contributed by atoms with Gasteiger partial charge in [0.1, 0.15) is 0 Å². The monoisotopic (exact) mass is 176 g/mol. The molecule has 0 bridgehead atoms. The summed E-state index contributed by atoms with van der Waals surface area (Å²) >= 11 is 3.25. The van der Waals surface area contributed by atoms with Gasteiger partial charge in [-0.1, -0.05) is 22.5 Å². The zero-order valence-corrected chi connectivity index (χ0v) is 6.26. The first-order chi connectivity index (χ1) is 3.85. The van der Waals surface area contributed by atoms with Gasteiger partial charge in [-0.05, 0) is 0 Å². The van der Waals surface area contributed by atoms with Crippen LogP contribution >= 0.6 is 15.9 Å². The third kappa shape index (κ3) is 2.80. The Bertz CT molecular complexity index is 74.5. The lowest BCUT2D eigenvalue weighted by atomic mass is 10.7. The minimum atomic E-state index is 0.826. The number of hydrogen-bond donors (Lipinski definition) is 0. The Hall–Kier alpha value is -0.310. The minimum absolute atomic E-state index is 0.826. The van der Waals surface area contributed by atoms with E-state index >= 15 is 0 Å². The van der Waals surface area contributed by atoms with Crippen molar-refractivity contribution in [2.75, 3.05) is 11.9 Å². The zero-order valence-electron chi connectivity index (χ0n) is 4.68. The van der Waals surface area contributed by atoms with Gasteiger partial charge in [0.05, 0.1) is 6.54 Å². The second-order valence-electron chi connectivity index (χ2n) is 1.18. The van der Waals surface area contributed by atoms with Crippen LogP contribution in [0.3, 0.4) is 0 Å². The lowest BCUT2D eigenvalue weighted by molar-refractivity contribution is 0.432. The van der Waals surface area contributed by atoms with Crippen LogP contribution in [-0.2, 0) is 0 Å². The fourth-order valence-electron chi connectivity index (χ4n) is 0.306. The summed E-state index contributed by atoms with van der Waals surface area (Å²) in [5.74, 6) is 0. The highest BCUT2D eigenvalue weighted by molar-refractivity contribution is 9.09. The van der Waals surface area contributed by atoms with Gasteiger partial charge in [0, 0.05) is 18.2 Å². The summed E-state index contributed by atoms with van der Waals surface area (Å²) in [6.45, 7) is 7.68. The second kappa shape index (κ2) is 4.84. The number of rotatable bonds is 4. The van der Waals surface area contributed by atoms with Crippen molar-refractivity contribution >= 4 is 22.6 Å². The summed E-state index contributed by atoms with van der Waals surface area (Å²) in [5.41, 5.74) is 0. The molecule has 0 saturated carbocycles. The first-order valence-electron chi connectivity index (χ1n) is 2.27. The van der Waals surface area contributed by atoms with E-state index in [-0.39, 0.29) is 0 Å². The quantitative estimate of drug-likeness (QED) is 0.360. The number of hydrazone groups is 1. The molecular formula is C5H9BrN2. The van der Waals surface area contributed by atoms with E-state index in [4.69, 9.17) is 0 Å². The summed E-state index contributed by atoms with van der Waals surface area (Å²) < 4.78 is 0. The molecule has 2 nitrogen and oxygen atoms in total. The topological polar surface area (TPSA) is 15.6 Å². The van der Waals surface area contributed by atoms with E-state index in [0.29, 0.717) is 0 Å². The van der Waals surface area contributed by atoms with Crippen molar-refractivity contribution < 1.29 is 0 Å². The average molecular weight is 177 g/mol. The molecule has 0 aliphatic carbocycles. The highest BCUT2D eigenvalue weighted by Crippen LogP contribution is 1.89. The normalized spacial score (nSPS) is 8.12. The molecule has 8 heavy (non-hydrogen) atoms. The Labute approximate surface area is 58.0 Å². The van der Waals surface area contributed by atoms with E-state index < -0.39 is 0 Å². The van der Waals surface area contributed by atoms with E-state index in [1.165, 1.54) is 0 Å². The Kier molecular flexibility index (Phi) is 4.65. The van der Waals surface area contributed by atoms with Crippen molar-refractivity contribution in [2.24, 2.45) is 5.10 Å². The maximum Gasteiger partial charge on any atom is 0.0505 e. The Morgan fingerprint density at radius 2 is 2.38 bits per heavy atom. The van der Waals surface area contributed by atoms with E-state index in [1.54, 1.807) is 11.2 Å². The van der Waals surface area contributed by atoms with Gasteiger partial charge in [0.15, 0.2) is 0 Å². The maximum absolute atomic E-state index is 3.63. The zero-order chi connectivity index (χ0) is 6.41. The maximum atomic E-state index is 3.63.